The summed E-state index contributed by atoms with van der Waals surface area (Å²) in [5, 5.41) is 10.5. The van der Waals surface area contributed by atoms with Gasteiger partial charge in [-0.2, -0.15) is 5.26 Å². The van der Waals surface area contributed by atoms with Gasteiger partial charge in [0.2, 0.25) is 5.91 Å². The van der Waals surface area contributed by atoms with Gasteiger partial charge < -0.3 is 15.4 Å². The Morgan fingerprint density at radius 3 is 2.32 bits per heavy atom. The van der Waals surface area contributed by atoms with Gasteiger partial charge in [0.25, 0.3) is 0 Å². The number of methoxy groups -OCH3 is 1. The van der Waals surface area contributed by atoms with Crippen molar-refractivity contribution in [3.05, 3.63) is 102 Å². The van der Waals surface area contributed by atoms with Gasteiger partial charge in [-0.15, -0.1) is 0 Å². The first-order valence-electron chi connectivity index (χ1n) is 11.0. The molecule has 0 saturated carbocycles. The van der Waals surface area contributed by atoms with Gasteiger partial charge in [-0.05, 0) is 29.3 Å². The number of benzene rings is 3. The van der Waals surface area contributed by atoms with Crippen LogP contribution in [0.3, 0.4) is 0 Å². The van der Waals surface area contributed by atoms with Crippen LogP contribution >= 0.6 is 0 Å². The predicted octanol–water partition coefficient (Wildman–Crippen LogP) is 3.94. The van der Waals surface area contributed by atoms with Gasteiger partial charge in [-0.25, -0.2) is 0 Å². The number of fused-ring (bicyclic) bond motifs is 3. The minimum Gasteiger partial charge on any atom is -0.497 e. The summed E-state index contributed by atoms with van der Waals surface area (Å²) >= 11 is 0. The lowest BCUT2D eigenvalue weighted by Gasteiger charge is -2.36. The summed E-state index contributed by atoms with van der Waals surface area (Å²) in [5.74, 6) is -1.08. The number of hydrogen-bond donors (Lipinski definition) is 1. The third-order valence-electron chi connectivity index (χ3n) is 6.94. The second kappa shape index (κ2) is 8.20. The number of nitrogens with two attached hydrogens (primary N) is 1. The number of anilines is 1. The molecule has 0 aromatic heterocycles. The van der Waals surface area contributed by atoms with Crippen molar-refractivity contribution in [3.63, 3.8) is 0 Å². The first-order valence-corrected chi connectivity index (χ1v) is 11.0. The summed E-state index contributed by atoms with van der Waals surface area (Å²) in [6, 6.07) is 24.5. The lowest BCUT2D eigenvalue weighted by atomic mass is 9.67. The molecule has 0 spiro atoms. The molecule has 3 aromatic carbocycles. The van der Waals surface area contributed by atoms with E-state index < -0.39 is 29.3 Å². The van der Waals surface area contributed by atoms with Crippen molar-refractivity contribution in [2.24, 2.45) is 11.1 Å². The molecule has 2 N–H and O–H groups in total. The molecule has 34 heavy (non-hydrogen) atoms. The normalized spacial score (nSPS) is 24.6. The Labute approximate surface area is 197 Å². The average Bonchev–Trinajstić information content (AvgIpc) is 3.20. The molecular weight excluding hydrogens is 426 g/mol. The van der Waals surface area contributed by atoms with E-state index >= 15 is 0 Å². The third kappa shape index (κ3) is 3.01. The molecule has 5 rings (SSSR count). The van der Waals surface area contributed by atoms with E-state index in [1.807, 2.05) is 47.4 Å². The van der Waals surface area contributed by atoms with E-state index in [0.29, 0.717) is 16.9 Å². The molecule has 6 heteroatoms. The molecule has 168 valence electrons. The van der Waals surface area contributed by atoms with Crippen LogP contribution in [0.4, 0.5) is 5.69 Å². The van der Waals surface area contributed by atoms with Crippen molar-refractivity contribution >= 4 is 23.5 Å². The van der Waals surface area contributed by atoms with Crippen LogP contribution in [-0.4, -0.2) is 30.9 Å². The van der Waals surface area contributed by atoms with Crippen LogP contribution in [0.15, 0.2) is 84.9 Å². The molecule has 6 nitrogen and oxygen atoms in total. The SMILES string of the molecule is COc1ccc(C2C(C(=O)c3ccccc3)N3c4ccccc4C=CC3C2(C#N)C(N)=O)cc1. The molecule has 4 unspecified atom stereocenters. The molecule has 0 radical (unpaired) electrons. The Morgan fingerprint density at radius 2 is 1.68 bits per heavy atom. The number of nitrogens with zero attached hydrogens (tertiary/aromatic N) is 2. The lowest BCUT2D eigenvalue weighted by Crippen LogP contribution is -2.49. The molecule has 1 amide bonds. The van der Waals surface area contributed by atoms with Crippen LogP contribution < -0.4 is 15.4 Å². The van der Waals surface area contributed by atoms with Gasteiger partial charge in [0.05, 0.1) is 19.2 Å². The topological polar surface area (TPSA) is 96.4 Å². The summed E-state index contributed by atoms with van der Waals surface area (Å²) in [5.41, 5.74) is 7.23. The van der Waals surface area contributed by atoms with Gasteiger partial charge >= 0.3 is 0 Å². The molecule has 2 aliphatic heterocycles. The zero-order valence-electron chi connectivity index (χ0n) is 18.6. The van der Waals surface area contributed by atoms with E-state index in [2.05, 4.69) is 6.07 Å². The number of ether oxygens (including phenoxy) is 1. The fourth-order valence-corrected chi connectivity index (χ4v) is 5.39. The fraction of sp³-hybridized carbons (Fsp3) is 0.179. The minimum atomic E-state index is -1.66. The van der Waals surface area contributed by atoms with E-state index in [9.17, 15) is 14.9 Å². The van der Waals surface area contributed by atoms with Gasteiger partial charge in [0, 0.05) is 17.2 Å². The molecule has 2 heterocycles. The molecule has 1 saturated heterocycles. The maximum atomic E-state index is 14.1. The van der Waals surface area contributed by atoms with Crippen molar-refractivity contribution in [2.45, 2.75) is 18.0 Å². The second-order valence-electron chi connectivity index (χ2n) is 8.54. The number of amides is 1. The Morgan fingerprint density at radius 1 is 1.00 bits per heavy atom. The zero-order valence-corrected chi connectivity index (χ0v) is 18.6. The second-order valence-corrected chi connectivity index (χ2v) is 8.54. The molecule has 4 atom stereocenters. The van der Waals surface area contributed by atoms with Crippen LogP contribution in [-0.2, 0) is 4.79 Å². The first-order chi connectivity index (χ1) is 16.5. The van der Waals surface area contributed by atoms with E-state index in [-0.39, 0.29) is 5.78 Å². The quantitative estimate of drug-likeness (QED) is 0.595. The number of nitriles is 1. The summed E-state index contributed by atoms with van der Waals surface area (Å²) in [4.78, 5) is 29.1. The molecule has 3 aromatic rings. The molecule has 1 fully saturated rings. The third-order valence-corrected chi connectivity index (χ3v) is 6.94. The highest BCUT2D eigenvalue weighted by Gasteiger charge is 2.65. The zero-order chi connectivity index (χ0) is 23.9. The number of primary amides is 1. The number of rotatable bonds is 5. The van der Waals surface area contributed by atoms with Gasteiger partial charge in [-0.1, -0.05) is 72.8 Å². The van der Waals surface area contributed by atoms with Crippen LogP contribution in [0.5, 0.6) is 5.75 Å². The van der Waals surface area contributed by atoms with Crippen molar-refractivity contribution in [2.75, 3.05) is 12.0 Å². The van der Waals surface area contributed by atoms with Crippen molar-refractivity contribution in [1.29, 1.82) is 5.26 Å². The van der Waals surface area contributed by atoms with Crippen LogP contribution in [0.25, 0.3) is 6.08 Å². The highest BCUT2D eigenvalue weighted by Crippen LogP contribution is 2.55. The monoisotopic (exact) mass is 449 g/mol. The summed E-state index contributed by atoms with van der Waals surface area (Å²) < 4.78 is 5.30. The van der Waals surface area contributed by atoms with Crippen LogP contribution in [0, 0.1) is 16.7 Å². The Hall–Kier alpha value is -4.37. The summed E-state index contributed by atoms with van der Waals surface area (Å²) in [6.07, 6.45) is 3.72. The highest BCUT2D eigenvalue weighted by atomic mass is 16.5. The number of hydrogen-bond acceptors (Lipinski definition) is 5. The minimum absolute atomic E-state index is 0.171. The van der Waals surface area contributed by atoms with Crippen molar-refractivity contribution < 1.29 is 14.3 Å². The number of Topliss-reactive ketones (excluding diaryl/α,β-unsaturated/α-hetero) is 1. The maximum absolute atomic E-state index is 14.1. The smallest absolute Gasteiger partial charge is 0.241 e. The van der Waals surface area contributed by atoms with E-state index in [1.165, 1.54) is 0 Å². The number of carbonyl (C=O) groups excluding carboxylic acids is 2. The average molecular weight is 450 g/mol. The Kier molecular flexibility index (Phi) is 5.18. The highest BCUT2D eigenvalue weighted by molar-refractivity contribution is 6.06. The standard InChI is InChI=1S/C28H23N3O3/c1-34-21-14-11-19(12-15-21)24-25(26(32)20-8-3-2-4-9-20)31-22-10-6-5-7-18(22)13-16-23(31)28(24,17-29)27(30)33/h2-16,23-25H,1H3,(H2,30,33). The van der Waals surface area contributed by atoms with Crippen molar-refractivity contribution in [1.82, 2.24) is 0 Å². The van der Waals surface area contributed by atoms with Gasteiger partial charge in [0.15, 0.2) is 11.2 Å². The summed E-state index contributed by atoms with van der Waals surface area (Å²) in [7, 11) is 1.57. The van der Waals surface area contributed by atoms with Crippen molar-refractivity contribution in [3.8, 4) is 11.8 Å². The predicted molar refractivity (Wildman–Crippen MR) is 129 cm³/mol. The van der Waals surface area contributed by atoms with E-state index in [4.69, 9.17) is 10.5 Å². The number of para-hydroxylation sites is 1. The van der Waals surface area contributed by atoms with Gasteiger partial charge in [0.1, 0.15) is 11.8 Å². The molecule has 2 aliphatic rings. The van der Waals surface area contributed by atoms with Crippen LogP contribution in [0.1, 0.15) is 27.4 Å². The largest absolute Gasteiger partial charge is 0.497 e. The summed E-state index contributed by atoms with van der Waals surface area (Å²) in [6.45, 7) is 0. The number of ketones is 1. The maximum Gasteiger partial charge on any atom is 0.241 e. The fourth-order valence-electron chi connectivity index (χ4n) is 5.39. The Balaban J connectivity index is 1.79. The van der Waals surface area contributed by atoms with Crippen LogP contribution in [0.2, 0.25) is 0 Å². The van der Waals surface area contributed by atoms with E-state index in [0.717, 1.165) is 11.3 Å². The number of carbonyl (C=O) groups is 2. The lowest BCUT2D eigenvalue weighted by molar-refractivity contribution is -0.125. The Bertz CT molecular complexity index is 1330. The molecule has 0 bridgehead atoms. The van der Waals surface area contributed by atoms with E-state index in [1.54, 1.807) is 55.6 Å². The van der Waals surface area contributed by atoms with Gasteiger partial charge in [-0.3, -0.25) is 9.59 Å². The molecular formula is C28H23N3O3. The molecule has 0 aliphatic carbocycles. The first kappa shape index (κ1) is 21.5.